The zero-order valence-electron chi connectivity index (χ0n) is 16.2. The van der Waals surface area contributed by atoms with Gasteiger partial charge in [0.15, 0.2) is 0 Å². The number of rotatable bonds is 8. The van der Waals surface area contributed by atoms with E-state index >= 15 is 0 Å². The first-order valence-electron chi connectivity index (χ1n) is 9.14. The van der Waals surface area contributed by atoms with Gasteiger partial charge in [-0.25, -0.2) is 17.5 Å². The normalized spacial score (nSPS) is 12.4. The van der Waals surface area contributed by atoms with Crippen LogP contribution < -0.4 is 10.0 Å². The molecule has 0 aliphatic heterocycles. The number of hydrogen-bond acceptors (Lipinski definition) is 5. The second kappa shape index (κ2) is 9.84. The molecule has 0 saturated heterocycles. The van der Waals surface area contributed by atoms with Crippen LogP contribution in [0.3, 0.4) is 0 Å². The lowest BCUT2D eigenvalue weighted by Crippen LogP contribution is -2.26. The van der Waals surface area contributed by atoms with E-state index in [9.17, 15) is 22.9 Å². The van der Waals surface area contributed by atoms with Crippen LogP contribution in [-0.2, 0) is 21.4 Å². The van der Waals surface area contributed by atoms with Gasteiger partial charge in [0.2, 0.25) is 15.9 Å². The summed E-state index contributed by atoms with van der Waals surface area (Å²) in [4.78, 5) is 12.2. The molecule has 0 aliphatic rings. The molecule has 9 heteroatoms. The summed E-state index contributed by atoms with van der Waals surface area (Å²) in [6.07, 6.45) is 4.09. The SMILES string of the molecule is N#CC(NC(=O)/C=C/c1ccc(S(=O)(=O)NCc2ccco2)cc1)c1ccccc1F. The van der Waals surface area contributed by atoms with Gasteiger partial charge in [-0.05, 0) is 42.0 Å². The molecule has 7 nitrogen and oxygen atoms in total. The van der Waals surface area contributed by atoms with E-state index in [1.54, 1.807) is 18.2 Å². The molecule has 0 saturated carbocycles. The summed E-state index contributed by atoms with van der Waals surface area (Å²) >= 11 is 0. The summed E-state index contributed by atoms with van der Waals surface area (Å²) in [7, 11) is -3.72. The van der Waals surface area contributed by atoms with Crippen LogP contribution in [0.25, 0.3) is 6.08 Å². The minimum Gasteiger partial charge on any atom is -0.468 e. The smallest absolute Gasteiger partial charge is 0.245 e. The van der Waals surface area contributed by atoms with Crippen molar-refractivity contribution in [3.05, 3.63) is 95.7 Å². The predicted octanol–water partition coefficient (Wildman–Crippen LogP) is 3.29. The number of furan rings is 1. The highest BCUT2D eigenvalue weighted by Gasteiger charge is 2.16. The van der Waals surface area contributed by atoms with E-state index in [1.807, 2.05) is 6.07 Å². The van der Waals surface area contributed by atoms with Gasteiger partial charge in [-0.1, -0.05) is 30.3 Å². The lowest BCUT2D eigenvalue weighted by Gasteiger charge is -2.11. The van der Waals surface area contributed by atoms with Gasteiger partial charge in [-0.3, -0.25) is 4.79 Å². The van der Waals surface area contributed by atoms with Crippen molar-refractivity contribution in [2.75, 3.05) is 0 Å². The van der Waals surface area contributed by atoms with Gasteiger partial charge in [-0.2, -0.15) is 5.26 Å². The highest BCUT2D eigenvalue weighted by molar-refractivity contribution is 7.89. The third kappa shape index (κ3) is 5.88. The zero-order chi connectivity index (χ0) is 22.3. The second-order valence-electron chi connectivity index (χ2n) is 6.40. The Morgan fingerprint density at radius 2 is 1.87 bits per heavy atom. The van der Waals surface area contributed by atoms with Gasteiger partial charge in [0.1, 0.15) is 17.6 Å². The Morgan fingerprint density at radius 3 is 2.52 bits per heavy atom. The maximum atomic E-state index is 13.8. The summed E-state index contributed by atoms with van der Waals surface area (Å²) in [5, 5.41) is 11.6. The van der Waals surface area contributed by atoms with Crippen LogP contribution in [0.15, 0.2) is 82.3 Å². The van der Waals surface area contributed by atoms with Crippen LogP contribution in [0.1, 0.15) is 22.9 Å². The largest absolute Gasteiger partial charge is 0.468 e. The molecule has 3 aromatic rings. The van der Waals surface area contributed by atoms with E-state index < -0.39 is 27.8 Å². The lowest BCUT2D eigenvalue weighted by atomic mass is 10.1. The van der Waals surface area contributed by atoms with E-state index in [1.165, 1.54) is 60.9 Å². The van der Waals surface area contributed by atoms with Gasteiger partial charge in [-0.15, -0.1) is 0 Å². The maximum absolute atomic E-state index is 13.8. The fourth-order valence-corrected chi connectivity index (χ4v) is 3.67. The first kappa shape index (κ1) is 22.0. The summed E-state index contributed by atoms with van der Waals surface area (Å²) in [6.45, 7) is 0.0270. The minimum absolute atomic E-state index is 0.0270. The third-order valence-electron chi connectivity index (χ3n) is 4.27. The van der Waals surface area contributed by atoms with Crippen molar-refractivity contribution in [3.8, 4) is 6.07 Å². The number of benzene rings is 2. The Labute approximate surface area is 178 Å². The van der Waals surface area contributed by atoms with Crippen molar-refractivity contribution in [1.82, 2.24) is 10.0 Å². The molecule has 0 fully saturated rings. The lowest BCUT2D eigenvalue weighted by molar-refractivity contribution is -0.116. The number of nitrogens with zero attached hydrogens (tertiary/aromatic N) is 1. The molecule has 1 amide bonds. The van der Waals surface area contributed by atoms with Crippen LogP contribution in [0, 0.1) is 17.1 Å². The van der Waals surface area contributed by atoms with Crippen molar-refractivity contribution in [2.45, 2.75) is 17.5 Å². The zero-order valence-corrected chi connectivity index (χ0v) is 17.0. The van der Waals surface area contributed by atoms with E-state index in [0.717, 1.165) is 0 Å². The molecule has 31 heavy (non-hydrogen) atoms. The molecule has 0 spiro atoms. The monoisotopic (exact) mass is 439 g/mol. The van der Waals surface area contributed by atoms with Crippen molar-refractivity contribution in [1.29, 1.82) is 5.26 Å². The molecule has 1 unspecified atom stereocenters. The Balaban J connectivity index is 1.61. The maximum Gasteiger partial charge on any atom is 0.245 e. The van der Waals surface area contributed by atoms with Gasteiger partial charge >= 0.3 is 0 Å². The molecule has 2 N–H and O–H groups in total. The van der Waals surface area contributed by atoms with Crippen LogP contribution in [0.5, 0.6) is 0 Å². The van der Waals surface area contributed by atoms with Crippen LogP contribution >= 0.6 is 0 Å². The van der Waals surface area contributed by atoms with Gasteiger partial charge in [0.05, 0.1) is 23.8 Å². The average Bonchev–Trinajstić information content (AvgIpc) is 3.29. The van der Waals surface area contributed by atoms with Gasteiger partial charge in [0.25, 0.3) is 0 Å². The highest BCUT2D eigenvalue weighted by atomic mass is 32.2. The molecule has 3 rings (SSSR count). The first-order chi connectivity index (χ1) is 14.9. The van der Waals surface area contributed by atoms with Gasteiger partial charge in [0, 0.05) is 11.6 Å². The second-order valence-corrected chi connectivity index (χ2v) is 8.17. The molecule has 158 valence electrons. The molecule has 0 bridgehead atoms. The number of hydrogen-bond donors (Lipinski definition) is 2. The number of halogens is 1. The minimum atomic E-state index is -3.72. The summed E-state index contributed by atoms with van der Waals surface area (Å²) in [5.41, 5.74) is 0.642. The number of nitriles is 1. The number of nitrogens with one attached hydrogen (secondary N) is 2. The van der Waals surface area contributed by atoms with Crippen molar-refractivity contribution in [3.63, 3.8) is 0 Å². The van der Waals surface area contributed by atoms with Gasteiger partial charge < -0.3 is 9.73 Å². The Morgan fingerprint density at radius 1 is 1.13 bits per heavy atom. The molecule has 1 heterocycles. The molecule has 2 aromatic carbocycles. The number of carbonyl (C=O) groups excluding carboxylic acids is 1. The van der Waals surface area contributed by atoms with Crippen LogP contribution in [-0.4, -0.2) is 14.3 Å². The summed E-state index contributed by atoms with van der Waals surface area (Å²) in [6, 6.07) is 15.6. The van der Waals surface area contributed by atoms with Crippen molar-refractivity contribution in [2.24, 2.45) is 0 Å². The Kier molecular flexibility index (Phi) is 6.97. The average molecular weight is 439 g/mol. The highest BCUT2D eigenvalue weighted by Crippen LogP contribution is 2.16. The molecule has 1 aromatic heterocycles. The van der Waals surface area contributed by atoms with Crippen LogP contribution in [0.2, 0.25) is 0 Å². The standard InChI is InChI=1S/C22H18FN3O4S/c23-20-6-2-1-5-19(20)21(14-24)26-22(27)12-9-16-7-10-18(11-8-16)31(28,29)25-15-17-4-3-13-30-17/h1-13,21,25H,15H2,(H,26,27)/b12-9+. The number of carbonyl (C=O) groups is 1. The fourth-order valence-electron chi connectivity index (χ4n) is 2.67. The molecule has 0 radical (unpaired) electrons. The molecular formula is C22H18FN3O4S. The van der Waals surface area contributed by atoms with Crippen LogP contribution in [0.4, 0.5) is 4.39 Å². The molecular weight excluding hydrogens is 421 g/mol. The molecule has 1 atom stereocenters. The first-order valence-corrected chi connectivity index (χ1v) is 10.6. The topological polar surface area (TPSA) is 112 Å². The fraction of sp³-hybridized carbons (Fsp3) is 0.0909. The Bertz CT molecular complexity index is 1210. The van der Waals surface area contributed by atoms with E-state index in [0.29, 0.717) is 11.3 Å². The summed E-state index contributed by atoms with van der Waals surface area (Å²) < 4.78 is 46.0. The third-order valence-corrected chi connectivity index (χ3v) is 5.68. The number of amides is 1. The Hall–Kier alpha value is -3.74. The van der Waals surface area contributed by atoms with Crippen molar-refractivity contribution >= 4 is 22.0 Å². The predicted molar refractivity (Wildman–Crippen MR) is 111 cm³/mol. The van der Waals surface area contributed by atoms with E-state index in [-0.39, 0.29) is 17.0 Å². The molecule has 0 aliphatic carbocycles. The van der Waals surface area contributed by atoms with Crippen molar-refractivity contribution < 1.29 is 22.0 Å². The number of sulfonamides is 1. The van der Waals surface area contributed by atoms with E-state index in [4.69, 9.17) is 4.42 Å². The summed E-state index contributed by atoms with van der Waals surface area (Å²) in [5.74, 6) is -0.692. The quantitative estimate of drug-likeness (QED) is 0.523. The van der Waals surface area contributed by atoms with E-state index in [2.05, 4.69) is 10.0 Å².